The Morgan fingerprint density at radius 3 is 2.69 bits per heavy atom. The van der Waals surface area contributed by atoms with Gasteiger partial charge < -0.3 is 14.6 Å². The minimum atomic E-state index is -1.02. The van der Waals surface area contributed by atoms with E-state index in [-0.39, 0.29) is 5.82 Å². The molecule has 0 fully saturated rings. The van der Waals surface area contributed by atoms with Crippen molar-refractivity contribution in [3.8, 4) is 0 Å². The van der Waals surface area contributed by atoms with Gasteiger partial charge in [-0.25, -0.2) is 4.79 Å². The molecule has 1 amide bonds. The largest absolute Gasteiger partial charge is 0.449 e. The molecule has 0 saturated heterocycles. The maximum Gasteiger partial charge on any atom is 0.339 e. The zero-order valence-electron chi connectivity index (χ0n) is 19.7. The number of pyridine rings is 1. The average Bonchev–Trinajstić information content (AvgIpc) is 3.27. The van der Waals surface area contributed by atoms with Crippen molar-refractivity contribution in [2.75, 3.05) is 11.9 Å². The molecule has 0 bridgehead atoms. The molecule has 5 rings (SSSR count). The number of carbonyl (C=O) groups excluding carboxylic acids is 2. The van der Waals surface area contributed by atoms with Crippen molar-refractivity contribution in [3.05, 3.63) is 88.8 Å². The molecule has 1 aliphatic heterocycles. The molecule has 8 nitrogen and oxygen atoms in total. The van der Waals surface area contributed by atoms with Crippen LogP contribution in [0, 0.1) is 6.92 Å². The smallest absolute Gasteiger partial charge is 0.339 e. The molecular weight excluding hydrogens is 444 g/mol. The molecule has 1 unspecified atom stereocenters. The minimum Gasteiger partial charge on any atom is -0.449 e. The molecule has 1 N–H and O–H groups in total. The van der Waals surface area contributed by atoms with E-state index in [1.54, 1.807) is 13.0 Å². The molecule has 4 aromatic rings. The number of aromatic nitrogens is 2. The number of hydrogen-bond acceptors (Lipinski definition) is 7. The number of carbonyl (C=O) groups is 2. The van der Waals surface area contributed by atoms with E-state index in [0.717, 1.165) is 41.7 Å². The van der Waals surface area contributed by atoms with Gasteiger partial charge in [0.1, 0.15) is 5.76 Å². The molecule has 2 aromatic heterocycles. The number of para-hydroxylation sites is 1. The van der Waals surface area contributed by atoms with Crippen LogP contribution >= 0.6 is 0 Å². The Labute approximate surface area is 202 Å². The lowest BCUT2D eigenvalue weighted by atomic mass is 9.95. The fraction of sp³-hybridized carbons (Fsp3) is 0.259. The molecule has 1 atom stereocenters. The highest BCUT2D eigenvalue weighted by atomic mass is 16.5. The Balaban J connectivity index is 1.42. The lowest BCUT2D eigenvalue weighted by molar-refractivity contribution is -0.123. The first-order valence-electron chi connectivity index (χ1n) is 11.6. The molecule has 0 aliphatic carbocycles. The Bertz CT molecular complexity index is 1380. The summed E-state index contributed by atoms with van der Waals surface area (Å²) in [7, 11) is 0. The van der Waals surface area contributed by atoms with E-state index in [9.17, 15) is 9.59 Å². The third-order valence-electron chi connectivity index (χ3n) is 6.11. The van der Waals surface area contributed by atoms with Gasteiger partial charge in [-0.2, -0.15) is 0 Å². The van der Waals surface area contributed by atoms with Crippen molar-refractivity contribution < 1.29 is 18.8 Å². The van der Waals surface area contributed by atoms with Crippen LogP contribution in [-0.2, 0) is 29.0 Å². The van der Waals surface area contributed by atoms with Gasteiger partial charge in [0, 0.05) is 48.8 Å². The number of amides is 1. The van der Waals surface area contributed by atoms with Crippen LogP contribution < -0.4 is 5.32 Å². The van der Waals surface area contributed by atoms with Gasteiger partial charge in [-0.05, 0) is 25.5 Å². The number of fused-ring (bicyclic) bond motifs is 2. The zero-order chi connectivity index (χ0) is 24.4. The highest BCUT2D eigenvalue weighted by Crippen LogP contribution is 2.30. The predicted molar refractivity (Wildman–Crippen MR) is 131 cm³/mol. The van der Waals surface area contributed by atoms with Crippen LogP contribution in [0.15, 0.2) is 65.2 Å². The normalized spacial score (nSPS) is 14.3. The van der Waals surface area contributed by atoms with E-state index in [2.05, 4.69) is 27.5 Å². The summed E-state index contributed by atoms with van der Waals surface area (Å²) in [5.74, 6) is -0.177. The van der Waals surface area contributed by atoms with Crippen LogP contribution in [0.5, 0.6) is 0 Å². The molecule has 8 heteroatoms. The van der Waals surface area contributed by atoms with Crippen molar-refractivity contribution in [2.45, 2.75) is 39.5 Å². The monoisotopic (exact) mass is 470 g/mol. The molecule has 2 aromatic carbocycles. The van der Waals surface area contributed by atoms with Crippen molar-refractivity contribution in [3.63, 3.8) is 0 Å². The number of anilines is 1. The van der Waals surface area contributed by atoms with Gasteiger partial charge >= 0.3 is 5.97 Å². The SMILES string of the molecule is Cc1cc(NC(=O)C(C)OC(=O)c2c3c(nc4ccccc24)CCN(Cc2ccccc2)C3)no1. The molecule has 0 spiro atoms. The van der Waals surface area contributed by atoms with Crippen LogP contribution in [-0.4, -0.2) is 39.6 Å². The molecule has 178 valence electrons. The number of esters is 1. The van der Waals surface area contributed by atoms with Gasteiger partial charge in [-0.1, -0.05) is 53.7 Å². The maximum absolute atomic E-state index is 13.5. The van der Waals surface area contributed by atoms with Crippen molar-refractivity contribution in [1.29, 1.82) is 0 Å². The maximum atomic E-state index is 13.5. The fourth-order valence-electron chi connectivity index (χ4n) is 4.38. The Kier molecular flexibility index (Phi) is 6.29. The van der Waals surface area contributed by atoms with E-state index in [4.69, 9.17) is 14.2 Å². The molecule has 35 heavy (non-hydrogen) atoms. The first kappa shape index (κ1) is 22.7. The van der Waals surface area contributed by atoms with Crippen molar-refractivity contribution in [2.24, 2.45) is 0 Å². The highest BCUT2D eigenvalue weighted by molar-refractivity contribution is 6.06. The molecule has 0 saturated carbocycles. The highest BCUT2D eigenvalue weighted by Gasteiger charge is 2.29. The molecule has 3 heterocycles. The minimum absolute atomic E-state index is 0.277. The van der Waals surface area contributed by atoms with Gasteiger partial charge in [0.05, 0.1) is 11.1 Å². The zero-order valence-corrected chi connectivity index (χ0v) is 19.7. The van der Waals surface area contributed by atoms with E-state index in [0.29, 0.717) is 17.9 Å². The number of benzene rings is 2. The summed E-state index contributed by atoms with van der Waals surface area (Å²) < 4.78 is 10.6. The standard InChI is InChI=1S/C27H26N4O4/c1-17-14-24(30-35-17)29-26(32)18(2)34-27(33)25-20-10-6-7-11-22(20)28-23-12-13-31(16-21(23)25)15-19-8-4-3-5-9-19/h3-11,14,18H,12-13,15-16H2,1-2H3,(H,29,30,32). The second-order valence-corrected chi connectivity index (χ2v) is 8.74. The first-order valence-corrected chi connectivity index (χ1v) is 11.6. The summed E-state index contributed by atoms with van der Waals surface area (Å²) in [4.78, 5) is 33.2. The number of nitrogens with one attached hydrogen (secondary N) is 1. The summed E-state index contributed by atoms with van der Waals surface area (Å²) in [5, 5.41) is 7.09. The number of nitrogens with zero attached hydrogens (tertiary/aromatic N) is 3. The third kappa shape index (κ3) is 4.93. The van der Waals surface area contributed by atoms with E-state index >= 15 is 0 Å². The second kappa shape index (κ2) is 9.68. The number of ether oxygens (including phenoxy) is 1. The van der Waals surface area contributed by atoms with Crippen molar-refractivity contribution in [1.82, 2.24) is 15.0 Å². The van der Waals surface area contributed by atoms with Gasteiger partial charge in [-0.3, -0.25) is 14.7 Å². The Hall–Kier alpha value is -4.04. The summed E-state index contributed by atoms with van der Waals surface area (Å²) in [6.07, 6.45) is -0.291. The fourth-order valence-corrected chi connectivity index (χ4v) is 4.38. The first-order chi connectivity index (χ1) is 17.0. The lowest BCUT2D eigenvalue weighted by Crippen LogP contribution is -2.34. The van der Waals surface area contributed by atoms with E-state index in [1.807, 2.05) is 42.5 Å². The van der Waals surface area contributed by atoms with Crippen LogP contribution in [0.3, 0.4) is 0 Å². The van der Waals surface area contributed by atoms with Crippen LogP contribution in [0.4, 0.5) is 5.82 Å². The number of aryl methyl sites for hydroxylation is 1. The third-order valence-corrected chi connectivity index (χ3v) is 6.11. The Morgan fingerprint density at radius 1 is 1.14 bits per heavy atom. The lowest BCUT2D eigenvalue weighted by Gasteiger charge is -2.30. The quantitative estimate of drug-likeness (QED) is 0.420. The van der Waals surface area contributed by atoms with Crippen LogP contribution in [0.25, 0.3) is 10.9 Å². The predicted octanol–water partition coefficient (Wildman–Crippen LogP) is 4.27. The van der Waals surface area contributed by atoms with Gasteiger partial charge in [0.25, 0.3) is 5.91 Å². The van der Waals surface area contributed by atoms with E-state index in [1.165, 1.54) is 12.5 Å². The average molecular weight is 471 g/mol. The summed E-state index contributed by atoms with van der Waals surface area (Å²) >= 11 is 0. The van der Waals surface area contributed by atoms with Gasteiger partial charge in [0.15, 0.2) is 11.9 Å². The molecule has 0 radical (unpaired) electrons. The van der Waals surface area contributed by atoms with Crippen LogP contribution in [0.2, 0.25) is 0 Å². The van der Waals surface area contributed by atoms with Gasteiger partial charge in [-0.15, -0.1) is 0 Å². The second-order valence-electron chi connectivity index (χ2n) is 8.74. The summed E-state index contributed by atoms with van der Waals surface area (Å²) in [6.45, 7) is 5.46. The topological polar surface area (TPSA) is 97.6 Å². The molecular formula is C27H26N4O4. The van der Waals surface area contributed by atoms with Gasteiger partial charge in [0.2, 0.25) is 0 Å². The molecule has 1 aliphatic rings. The van der Waals surface area contributed by atoms with E-state index < -0.39 is 18.0 Å². The number of rotatable bonds is 6. The summed E-state index contributed by atoms with van der Waals surface area (Å²) in [6, 6.07) is 19.4. The van der Waals surface area contributed by atoms with Crippen LogP contribution in [0.1, 0.15) is 39.9 Å². The summed E-state index contributed by atoms with van der Waals surface area (Å²) in [5.41, 5.74) is 4.18. The Morgan fingerprint density at radius 2 is 1.91 bits per heavy atom. The van der Waals surface area contributed by atoms with Crippen molar-refractivity contribution >= 4 is 28.6 Å². The number of hydrogen-bond donors (Lipinski definition) is 1.